The van der Waals surface area contributed by atoms with Crippen molar-refractivity contribution in [3.63, 3.8) is 0 Å². The quantitative estimate of drug-likeness (QED) is 0.644. The Kier molecular flexibility index (Phi) is 6.43. The van der Waals surface area contributed by atoms with Gasteiger partial charge in [0.2, 0.25) is 5.95 Å². The van der Waals surface area contributed by atoms with Crippen molar-refractivity contribution in [2.75, 3.05) is 5.73 Å². The third-order valence-corrected chi connectivity index (χ3v) is 10.8. The van der Waals surface area contributed by atoms with Crippen LogP contribution < -0.4 is 11.3 Å². The molecule has 0 atom stereocenters. The summed E-state index contributed by atoms with van der Waals surface area (Å²) >= 11 is 0. The van der Waals surface area contributed by atoms with Crippen LogP contribution in [-0.4, -0.2) is 18.0 Å². The fraction of sp³-hybridized carbons (Fsp3) is 0.647. The first kappa shape index (κ1) is 18.5. The molecule has 0 spiro atoms. The van der Waals surface area contributed by atoms with Crippen LogP contribution in [0.3, 0.4) is 0 Å². The lowest BCUT2D eigenvalue weighted by atomic mass is 10.2. The SMILES string of the molecule is CC(C)[Si](C#CCCc1cc(=O)[nH]c(N)n1)(C(C)C)C(C)C. The highest BCUT2D eigenvalue weighted by atomic mass is 28.3. The zero-order valence-corrected chi connectivity index (χ0v) is 15.7. The van der Waals surface area contributed by atoms with Crippen molar-refractivity contribution in [3.05, 3.63) is 22.1 Å². The molecular formula is C17H29N3OSi. The van der Waals surface area contributed by atoms with Gasteiger partial charge in [-0.25, -0.2) is 4.98 Å². The van der Waals surface area contributed by atoms with Crippen molar-refractivity contribution < 1.29 is 0 Å². The molecule has 122 valence electrons. The molecule has 0 aliphatic carbocycles. The number of aromatic amines is 1. The summed E-state index contributed by atoms with van der Waals surface area (Å²) in [6.45, 7) is 13.8. The smallest absolute Gasteiger partial charge is 0.252 e. The summed E-state index contributed by atoms with van der Waals surface area (Å²) in [5, 5.41) is 0. The maximum absolute atomic E-state index is 11.4. The molecule has 0 aliphatic rings. The zero-order chi connectivity index (χ0) is 16.9. The van der Waals surface area contributed by atoms with E-state index in [0.29, 0.717) is 28.7 Å². The van der Waals surface area contributed by atoms with Crippen LogP contribution >= 0.6 is 0 Å². The van der Waals surface area contributed by atoms with E-state index in [1.165, 1.54) is 6.07 Å². The first-order valence-electron chi connectivity index (χ1n) is 8.05. The number of nitrogen functional groups attached to an aromatic ring is 1. The van der Waals surface area contributed by atoms with Crippen LogP contribution in [0.4, 0.5) is 5.95 Å². The average molecular weight is 320 g/mol. The number of nitrogens with zero attached hydrogens (tertiary/aromatic N) is 1. The molecule has 0 aliphatic heterocycles. The Morgan fingerprint density at radius 2 is 1.73 bits per heavy atom. The topological polar surface area (TPSA) is 71.8 Å². The highest BCUT2D eigenvalue weighted by Crippen LogP contribution is 2.40. The number of H-pyrrole nitrogens is 1. The fourth-order valence-corrected chi connectivity index (χ4v) is 8.79. The lowest BCUT2D eigenvalue weighted by Crippen LogP contribution is -2.43. The van der Waals surface area contributed by atoms with E-state index in [4.69, 9.17) is 5.73 Å². The van der Waals surface area contributed by atoms with Gasteiger partial charge >= 0.3 is 0 Å². The van der Waals surface area contributed by atoms with Crippen LogP contribution in [-0.2, 0) is 6.42 Å². The number of nitrogens with two attached hydrogens (primary N) is 1. The molecule has 0 radical (unpaired) electrons. The molecule has 0 fully saturated rings. The van der Waals surface area contributed by atoms with Crippen LogP contribution in [0, 0.1) is 11.5 Å². The van der Waals surface area contributed by atoms with Gasteiger partial charge in [-0.05, 0) is 16.6 Å². The highest BCUT2D eigenvalue weighted by molar-refractivity contribution is 6.90. The molecule has 4 nitrogen and oxygen atoms in total. The van der Waals surface area contributed by atoms with Crippen molar-refractivity contribution in [3.8, 4) is 11.5 Å². The Hall–Kier alpha value is -1.54. The van der Waals surface area contributed by atoms with Crippen LogP contribution in [0.2, 0.25) is 16.6 Å². The van der Waals surface area contributed by atoms with Gasteiger partial charge < -0.3 is 5.73 Å². The van der Waals surface area contributed by atoms with Gasteiger partial charge in [-0.1, -0.05) is 41.5 Å². The number of hydrogen-bond donors (Lipinski definition) is 2. The average Bonchev–Trinajstić information content (AvgIpc) is 2.36. The second-order valence-electron chi connectivity index (χ2n) is 6.82. The number of rotatable bonds is 5. The van der Waals surface area contributed by atoms with E-state index >= 15 is 0 Å². The van der Waals surface area contributed by atoms with Gasteiger partial charge in [-0.3, -0.25) is 9.78 Å². The molecule has 0 unspecified atom stereocenters. The maximum Gasteiger partial charge on any atom is 0.252 e. The largest absolute Gasteiger partial charge is 0.369 e. The predicted octanol–water partition coefficient (Wildman–Crippen LogP) is 3.51. The molecule has 3 N–H and O–H groups in total. The Labute approximate surface area is 134 Å². The van der Waals surface area contributed by atoms with Gasteiger partial charge in [0.25, 0.3) is 5.56 Å². The Morgan fingerprint density at radius 3 is 2.18 bits per heavy atom. The van der Waals surface area contributed by atoms with Crippen LogP contribution in [0.5, 0.6) is 0 Å². The second-order valence-corrected chi connectivity index (χ2v) is 12.4. The van der Waals surface area contributed by atoms with E-state index < -0.39 is 8.07 Å². The molecule has 0 aromatic carbocycles. The molecule has 5 heteroatoms. The Balaban J connectivity index is 2.89. The summed E-state index contributed by atoms with van der Waals surface area (Å²) in [5.41, 5.74) is 11.6. The third kappa shape index (κ3) is 4.23. The summed E-state index contributed by atoms with van der Waals surface area (Å²) in [6, 6.07) is 1.50. The van der Waals surface area contributed by atoms with Crippen LogP contribution in [0.1, 0.15) is 53.7 Å². The third-order valence-electron chi connectivity index (χ3n) is 4.49. The molecule has 1 aromatic rings. The van der Waals surface area contributed by atoms with Crippen LogP contribution in [0.15, 0.2) is 10.9 Å². The predicted molar refractivity (Wildman–Crippen MR) is 96.4 cm³/mol. The minimum atomic E-state index is -1.66. The van der Waals surface area contributed by atoms with Crippen molar-refractivity contribution in [1.29, 1.82) is 0 Å². The van der Waals surface area contributed by atoms with E-state index in [0.717, 1.165) is 6.42 Å². The summed E-state index contributed by atoms with van der Waals surface area (Å²) in [6.07, 6.45) is 1.39. The van der Waals surface area contributed by atoms with Gasteiger partial charge in [0.05, 0.1) is 5.69 Å². The van der Waals surface area contributed by atoms with Gasteiger partial charge in [-0.2, -0.15) is 0 Å². The molecule has 1 rings (SSSR count). The first-order chi connectivity index (χ1) is 10.2. The van der Waals surface area contributed by atoms with E-state index in [1.807, 2.05) is 0 Å². The van der Waals surface area contributed by atoms with E-state index in [1.54, 1.807) is 0 Å². The Morgan fingerprint density at radius 1 is 1.18 bits per heavy atom. The van der Waals surface area contributed by atoms with Crippen molar-refractivity contribution in [1.82, 2.24) is 9.97 Å². The van der Waals surface area contributed by atoms with Crippen molar-refractivity contribution in [2.45, 2.75) is 71.0 Å². The summed E-state index contributed by atoms with van der Waals surface area (Å²) in [7, 11) is -1.66. The van der Waals surface area contributed by atoms with E-state index in [9.17, 15) is 4.79 Å². The number of nitrogens with one attached hydrogen (secondary N) is 1. The van der Waals surface area contributed by atoms with Gasteiger partial charge in [0.1, 0.15) is 8.07 Å². The standard InChI is InChI=1S/C17H29N3OSi/c1-12(2)22(13(3)4,14(5)6)10-8-7-9-15-11-16(21)20-17(18)19-15/h11-14H,7,9H2,1-6H3,(H3,18,19,20,21). The maximum atomic E-state index is 11.4. The fourth-order valence-electron chi connectivity index (χ4n) is 3.50. The lowest BCUT2D eigenvalue weighted by Gasteiger charge is -2.38. The number of aromatic nitrogens is 2. The summed E-state index contributed by atoms with van der Waals surface area (Å²) < 4.78 is 0. The van der Waals surface area contributed by atoms with Gasteiger partial charge in [0, 0.05) is 18.9 Å². The molecule has 1 aromatic heterocycles. The summed E-state index contributed by atoms with van der Waals surface area (Å²) in [5.74, 6) is 3.55. The number of hydrogen-bond acceptors (Lipinski definition) is 3. The monoisotopic (exact) mass is 319 g/mol. The second kappa shape index (κ2) is 7.64. The normalized spacial score (nSPS) is 11.9. The highest BCUT2D eigenvalue weighted by Gasteiger charge is 2.41. The minimum absolute atomic E-state index is 0.172. The lowest BCUT2D eigenvalue weighted by molar-refractivity contribution is 0.837. The summed E-state index contributed by atoms with van der Waals surface area (Å²) in [4.78, 5) is 18.0. The molecule has 0 amide bonds. The molecule has 22 heavy (non-hydrogen) atoms. The minimum Gasteiger partial charge on any atom is -0.369 e. The van der Waals surface area contributed by atoms with E-state index in [2.05, 4.69) is 63.0 Å². The molecule has 0 bridgehead atoms. The Bertz CT molecular complexity index is 587. The van der Waals surface area contributed by atoms with Gasteiger partial charge in [0.15, 0.2) is 0 Å². The molecule has 0 saturated carbocycles. The first-order valence-corrected chi connectivity index (χ1v) is 10.3. The molecule has 0 saturated heterocycles. The number of anilines is 1. The number of aryl methyl sites for hydroxylation is 1. The zero-order valence-electron chi connectivity index (χ0n) is 14.7. The van der Waals surface area contributed by atoms with E-state index in [-0.39, 0.29) is 11.5 Å². The van der Waals surface area contributed by atoms with Crippen LogP contribution in [0.25, 0.3) is 0 Å². The van der Waals surface area contributed by atoms with Crippen molar-refractivity contribution >= 4 is 14.0 Å². The van der Waals surface area contributed by atoms with Crippen molar-refractivity contribution in [2.24, 2.45) is 0 Å². The molecular weight excluding hydrogens is 290 g/mol. The van der Waals surface area contributed by atoms with Gasteiger partial charge in [-0.15, -0.1) is 11.5 Å². The molecule has 1 heterocycles.